The molecule has 2 aromatic carbocycles. The maximum atomic E-state index is 13.5. The molecule has 0 bridgehead atoms. The maximum absolute atomic E-state index is 13.5. The summed E-state index contributed by atoms with van der Waals surface area (Å²) in [6.07, 6.45) is 19.8. The molecule has 5 heteroatoms. The second kappa shape index (κ2) is 18.3. The topological polar surface area (TPSA) is 21.5 Å². The third-order valence-corrected chi connectivity index (χ3v) is 7.76. The Morgan fingerprint density at radius 1 is 0.737 bits per heavy atom. The van der Waals surface area contributed by atoms with Gasteiger partial charge in [0.1, 0.15) is 12.4 Å². The highest BCUT2D eigenvalue weighted by Crippen LogP contribution is 2.33. The van der Waals surface area contributed by atoms with Crippen molar-refractivity contribution in [2.24, 2.45) is 0 Å². The number of hydrogen-bond donors (Lipinski definition) is 0. The highest BCUT2D eigenvalue weighted by atomic mass is 35.5. The molecule has 0 aliphatic carbocycles. The van der Waals surface area contributed by atoms with Gasteiger partial charge in [0, 0.05) is 24.0 Å². The largest absolute Gasteiger partial charge is 1.00 e. The lowest BCUT2D eigenvalue weighted by Gasteiger charge is -2.21. The number of ether oxygens (including phenoxy) is 2. The van der Waals surface area contributed by atoms with Crippen LogP contribution >= 0.6 is 0 Å². The predicted molar refractivity (Wildman–Crippen MR) is 153 cm³/mol. The van der Waals surface area contributed by atoms with E-state index in [0.717, 1.165) is 43.0 Å². The van der Waals surface area contributed by atoms with Gasteiger partial charge < -0.3 is 21.9 Å². The van der Waals surface area contributed by atoms with E-state index < -0.39 is 0 Å². The Balaban J connectivity index is 0.00000507. The summed E-state index contributed by atoms with van der Waals surface area (Å²) < 4.78 is 27.2. The van der Waals surface area contributed by atoms with Crippen molar-refractivity contribution in [2.45, 2.75) is 110 Å². The van der Waals surface area contributed by atoms with Crippen LogP contribution in [0.4, 0.5) is 4.39 Å². The monoisotopic (exact) mass is 545 g/mol. The Kier molecular flexibility index (Phi) is 15.4. The lowest BCUT2D eigenvalue weighted by molar-refractivity contribution is -0.545. The molecule has 0 atom stereocenters. The Hall–Kier alpha value is -2.07. The van der Waals surface area contributed by atoms with Gasteiger partial charge in [-0.2, -0.15) is 0 Å². The number of rotatable bonds is 18. The Morgan fingerprint density at radius 3 is 1.82 bits per heavy atom. The van der Waals surface area contributed by atoms with Crippen molar-refractivity contribution in [3.63, 3.8) is 0 Å². The van der Waals surface area contributed by atoms with Gasteiger partial charge in [0.2, 0.25) is 0 Å². The summed E-state index contributed by atoms with van der Waals surface area (Å²) in [5.41, 5.74) is 5.14. The zero-order valence-corrected chi connectivity index (χ0v) is 24.8. The van der Waals surface area contributed by atoms with E-state index in [9.17, 15) is 4.39 Å². The van der Waals surface area contributed by atoms with E-state index in [4.69, 9.17) is 9.47 Å². The van der Waals surface area contributed by atoms with Crippen molar-refractivity contribution in [2.75, 3.05) is 20.8 Å². The summed E-state index contributed by atoms with van der Waals surface area (Å²) in [4.78, 5) is 0. The number of fused-ring (bicyclic) bond motifs is 1. The summed E-state index contributed by atoms with van der Waals surface area (Å²) in [6.45, 7) is 4.06. The average Bonchev–Trinajstić information content (AvgIpc) is 2.92. The molecule has 0 unspecified atom stereocenters. The fourth-order valence-corrected chi connectivity index (χ4v) is 5.54. The van der Waals surface area contributed by atoms with Crippen molar-refractivity contribution in [3.8, 4) is 11.5 Å². The Labute approximate surface area is 237 Å². The number of benzene rings is 2. The van der Waals surface area contributed by atoms with Crippen molar-refractivity contribution in [1.29, 1.82) is 0 Å². The molecule has 0 amide bonds. The van der Waals surface area contributed by atoms with Gasteiger partial charge in [0.15, 0.2) is 23.8 Å². The van der Waals surface area contributed by atoms with E-state index >= 15 is 0 Å². The molecule has 1 heterocycles. The highest BCUT2D eigenvalue weighted by molar-refractivity contribution is 5.99. The fourth-order valence-electron chi connectivity index (χ4n) is 5.54. The van der Waals surface area contributed by atoms with Crippen LogP contribution in [0, 0.1) is 5.82 Å². The van der Waals surface area contributed by atoms with Crippen molar-refractivity contribution in [3.05, 3.63) is 58.9 Å². The smallest absolute Gasteiger partial charge is 0.184 e. The summed E-state index contributed by atoms with van der Waals surface area (Å²) in [7, 11) is 3.40. The number of nitrogens with zero attached hydrogens (tertiary/aromatic N) is 1. The van der Waals surface area contributed by atoms with Crippen LogP contribution in [0.5, 0.6) is 11.5 Å². The molecule has 2 aromatic rings. The van der Waals surface area contributed by atoms with Gasteiger partial charge in [0.25, 0.3) is 0 Å². The molecule has 38 heavy (non-hydrogen) atoms. The van der Waals surface area contributed by atoms with E-state index in [1.165, 1.54) is 100 Å². The first kappa shape index (κ1) is 32.1. The number of hydrogen-bond acceptors (Lipinski definition) is 2. The quantitative estimate of drug-likeness (QED) is 0.172. The highest BCUT2D eigenvalue weighted by Gasteiger charge is 2.27. The van der Waals surface area contributed by atoms with Crippen LogP contribution in [0.2, 0.25) is 0 Å². The average molecular weight is 546 g/mol. The second-order valence-electron chi connectivity index (χ2n) is 10.6. The zero-order chi connectivity index (χ0) is 26.3. The molecule has 0 N–H and O–H groups in total. The molecule has 0 radical (unpaired) electrons. The first-order valence-corrected chi connectivity index (χ1v) is 14.8. The van der Waals surface area contributed by atoms with Crippen molar-refractivity contribution < 1.29 is 30.8 Å². The standard InChI is InChI=1S/C33H49FNO2.ClH/c1-4-5-6-7-8-9-10-11-12-13-14-15-16-17-31-30-25-33(37-3)32(36-2)24-28(30)22-23-35(31)26-27-18-20-29(34)21-19-27;/h18-21,24-25H,4-17,22-23,26H2,1-3H3;1H/q+1;/p-1. The minimum Gasteiger partial charge on any atom is -1.00 e. The SMILES string of the molecule is CCCCCCCCCCCCCCCC1=[N+](Cc2ccc(F)cc2)CCc2cc(OC)c(OC)cc21.[Cl-]. The number of methoxy groups -OCH3 is 2. The number of halogens is 2. The molecular formula is C33H49ClFNO2. The van der Waals surface area contributed by atoms with Gasteiger partial charge in [-0.15, -0.1) is 0 Å². The molecule has 1 aliphatic heterocycles. The lowest BCUT2D eigenvalue weighted by Crippen LogP contribution is -3.00. The molecular weight excluding hydrogens is 497 g/mol. The van der Waals surface area contributed by atoms with Gasteiger partial charge in [-0.25, -0.2) is 8.97 Å². The fraction of sp³-hybridized carbons (Fsp3) is 0.606. The van der Waals surface area contributed by atoms with E-state index in [-0.39, 0.29) is 18.2 Å². The Bertz CT molecular complexity index is 974. The lowest BCUT2D eigenvalue weighted by atomic mass is 9.92. The van der Waals surface area contributed by atoms with E-state index in [0.29, 0.717) is 0 Å². The van der Waals surface area contributed by atoms with Crippen molar-refractivity contribution in [1.82, 2.24) is 0 Å². The molecule has 1 aliphatic rings. The minimum absolute atomic E-state index is 0. The Morgan fingerprint density at radius 2 is 1.26 bits per heavy atom. The van der Waals surface area contributed by atoms with Crippen LogP contribution in [-0.4, -0.2) is 31.1 Å². The van der Waals surface area contributed by atoms with Crippen LogP contribution in [0.1, 0.15) is 114 Å². The van der Waals surface area contributed by atoms with Crippen LogP contribution in [0.25, 0.3) is 0 Å². The normalized spacial score (nSPS) is 12.7. The van der Waals surface area contributed by atoms with E-state index in [1.54, 1.807) is 26.4 Å². The molecule has 0 saturated heterocycles. The second-order valence-corrected chi connectivity index (χ2v) is 10.6. The first-order chi connectivity index (χ1) is 18.2. The van der Waals surface area contributed by atoms with Gasteiger partial charge in [-0.05, 0) is 48.4 Å². The first-order valence-electron chi connectivity index (χ1n) is 14.8. The van der Waals surface area contributed by atoms with Crippen LogP contribution < -0.4 is 21.9 Å². The molecule has 0 spiro atoms. The van der Waals surface area contributed by atoms with Crippen LogP contribution in [-0.2, 0) is 13.0 Å². The molecule has 0 saturated carbocycles. The predicted octanol–water partition coefficient (Wildman–Crippen LogP) is 5.89. The van der Waals surface area contributed by atoms with Crippen LogP contribution in [0.3, 0.4) is 0 Å². The third-order valence-electron chi connectivity index (χ3n) is 7.76. The van der Waals surface area contributed by atoms with Gasteiger partial charge in [0.05, 0.1) is 14.2 Å². The summed E-state index contributed by atoms with van der Waals surface area (Å²) in [6, 6.07) is 11.2. The molecule has 3 rings (SSSR count). The zero-order valence-electron chi connectivity index (χ0n) is 24.0. The molecule has 3 nitrogen and oxygen atoms in total. The van der Waals surface area contributed by atoms with Gasteiger partial charge in [-0.3, -0.25) is 0 Å². The van der Waals surface area contributed by atoms with Gasteiger partial charge in [-0.1, -0.05) is 84.0 Å². The molecule has 212 valence electrons. The molecule has 0 aromatic heterocycles. The van der Waals surface area contributed by atoms with Crippen LogP contribution in [0.15, 0.2) is 36.4 Å². The molecule has 0 fully saturated rings. The van der Waals surface area contributed by atoms with Crippen molar-refractivity contribution >= 4 is 5.71 Å². The van der Waals surface area contributed by atoms with E-state index in [1.807, 2.05) is 12.1 Å². The number of unbranched alkanes of at least 4 members (excludes halogenated alkanes) is 12. The third kappa shape index (κ3) is 10.2. The summed E-state index contributed by atoms with van der Waals surface area (Å²) in [5.74, 6) is 1.40. The summed E-state index contributed by atoms with van der Waals surface area (Å²) in [5, 5.41) is 0. The van der Waals surface area contributed by atoms with Gasteiger partial charge >= 0.3 is 0 Å². The maximum Gasteiger partial charge on any atom is 0.184 e. The summed E-state index contributed by atoms with van der Waals surface area (Å²) >= 11 is 0. The minimum atomic E-state index is -0.180. The van der Waals surface area contributed by atoms with E-state index in [2.05, 4.69) is 23.6 Å².